The predicted octanol–water partition coefficient (Wildman–Crippen LogP) is 1.58. The number of benzene rings is 1. The highest BCUT2D eigenvalue weighted by Gasteiger charge is 2.33. The summed E-state index contributed by atoms with van der Waals surface area (Å²) in [6, 6.07) is 4.18. The topological polar surface area (TPSA) is 84.7 Å². The molecule has 23 heavy (non-hydrogen) atoms. The summed E-state index contributed by atoms with van der Waals surface area (Å²) in [4.78, 5) is 25.0. The van der Waals surface area contributed by atoms with E-state index in [1.54, 1.807) is 4.90 Å². The third-order valence-corrected chi connectivity index (χ3v) is 4.72. The minimum absolute atomic E-state index is 0.125. The molecule has 0 aliphatic carbocycles. The summed E-state index contributed by atoms with van der Waals surface area (Å²) >= 11 is 0. The normalized spacial score (nSPS) is 24.6. The van der Waals surface area contributed by atoms with E-state index in [1.165, 1.54) is 5.56 Å². The Balaban J connectivity index is 1.86. The molecule has 1 aromatic carbocycles. The maximum absolute atomic E-state index is 12.0. The van der Waals surface area contributed by atoms with Crippen LogP contribution in [0.3, 0.4) is 0 Å². The van der Waals surface area contributed by atoms with E-state index in [0.717, 1.165) is 23.2 Å². The van der Waals surface area contributed by atoms with Gasteiger partial charge in [0.1, 0.15) is 6.10 Å². The van der Waals surface area contributed by atoms with Crippen LogP contribution in [0.2, 0.25) is 0 Å². The smallest absolute Gasteiger partial charge is 0.414 e. The number of nitrogens with two attached hydrogens (primary N) is 1. The molecule has 6 heteroatoms. The summed E-state index contributed by atoms with van der Waals surface area (Å²) in [5.41, 5.74) is 9.90. The van der Waals surface area contributed by atoms with Gasteiger partial charge in [-0.3, -0.25) is 9.69 Å². The first-order chi connectivity index (χ1) is 11.0. The van der Waals surface area contributed by atoms with Crippen LogP contribution in [-0.2, 0) is 9.53 Å². The second-order valence-corrected chi connectivity index (χ2v) is 6.39. The number of piperidine rings is 1. The molecule has 2 atom stereocenters. The number of aryl methyl sites for hydroxylation is 2. The number of hydrogen-bond donors (Lipinski definition) is 2. The Morgan fingerprint density at radius 2 is 2.09 bits per heavy atom. The lowest BCUT2D eigenvalue weighted by Crippen LogP contribution is -2.34. The molecule has 0 radical (unpaired) electrons. The first-order valence-electron chi connectivity index (χ1n) is 8.05. The van der Waals surface area contributed by atoms with Gasteiger partial charge in [-0.2, -0.15) is 0 Å². The molecule has 6 nitrogen and oxygen atoms in total. The molecule has 0 saturated carbocycles. The van der Waals surface area contributed by atoms with Gasteiger partial charge in [0.2, 0.25) is 5.91 Å². The highest BCUT2D eigenvalue weighted by atomic mass is 16.6. The molecule has 124 valence electrons. The minimum atomic E-state index is -0.333. The Bertz CT molecular complexity index is 634. The Morgan fingerprint density at radius 3 is 2.70 bits per heavy atom. The Kier molecular flexibility index (Phi) is 4.26. The number of amides is 2. The van der Waals surface area contributed by atoms with Crippen LogP contribution in [0.5, 0.6) is 0 Å². The number of carbonyl (C=O) groups excluding carboxylic acids is 2. The van der Waals surface area contributed by atoms with Gasteiger partial charge < -0.3 is 15.8 Å². The van der Waals surface area contributed by atoms with Crippen molar-refractivity contribution >= 4 is 17.7 Å². The largest absolute Gasteiger partial charge is 0.443 e. The molecule has 2 heterocycles. The SMILES string of the molecule is Cc1cc(N2C[C@H](CN)OC2=O)c(C)cc1C1CCC(=O)NC1. The highest BCUT2D eigenvalue weighted by Crippen LogP contribution is 2.33. The van der Waals surface area contributed by atoms with E-state index in [0.29, 0.717) is 32.0 Å². The van der Waals surface area contributed by atoms with E-state index in [1.807, 2.05) is 13.0 Å². The van der Waals surface area contributed by atoms with Gasteiger partial charge in [0.05, 0.1) is 12.2 Å². The fraction of sp³-hybridized carbons (Fsp3) is 0.529. The van der Waals surface area contributed by atoms with Gasteiger partial charge in [-0.05, 0) is 43.0 Å². The zero-order chi connectivity index (χ0) is 16.6. The molecular weight excluding hydrogens is 294 g/mol. The first kappa shape index (κ1) is 15.8. The molecule has 2 aliphatic rings. The Morgan fingerprint density at radius 1 is 1.30 bits per heavy atom. The molecule has 1 unspecified atom stereocenters. The maximum atomic E-state index is 12.0. The standard InChI is InChI=1S/C17H23N3O3/c1-10-6-15(20-9-13(7-18)23-17(20)22)11(2)5-14(10)12-3-4-16(21)19-8-12/h5-6,12-13H,3-4,7-9,18H2,1-2H3,(H,19,21)/t12?,13-/m0/s1. The van der Waals surface area contributed by atoms with Crippen molar-refractivity contribution in [1.82, 2.24) is 5.32 Å². The third kappa shape index (κ3) is 3.03. The van der Waals surface area contributed by atoms with Crippen molar-refractivity contribution in [3.63, 3.8) is 0 Å². The highest BCUT2D eigenvalue weighted by molar-refractivity contribution is 5.91. The van der Waals surface area contributed by atoms with Crippen LogP contribution in [0.1, 0.15) is 35.4 Å². The van der Waals surface area contributed by atoms with Gasteiger partial charge in [-0.25, -0.2) is 4.79 Å². The number of anilines is 1. The quantitative estimate of drug-likeness (QED) is 0.886. The lowest BCUT2D eigenvalue weighted by Gasteiger charge is -2.26. The lowest BCUT2D eigenvalue weighted by atomic mass is 9.87. The monoisotopic (exact) mass is 317 g/mol. The van der Waals surface area contributed by atoms with Crippen LogP contribution >= 0.6 is 0 Å². The summed E-state index contributed by atoms with van der Waals surface area (Å²) < 4.78 is 5.25. The summed E-state index contributed by atoms with van der Waals surface area (Å²) in [5, 5.41) is 2.93. The molecule has 2 fully saturated rings. The second-order valence-electron chi connectivity index (χ2n) is 6.39. The molecule has 2 saturated heterocycles. The second kappa shape index (κ2) is 6.20. The van der Waals surface area contributed by atoms with Crippen molar-refractivity contribution in [3.8, 4) is 0 Å². The zero-order valence-electron chi connectivity index (χ0n) is 13.6. The van der Waals surface area contributed by atoms with Gasteiger partial charge in [-0.15, -0.1) is 0 Å². The van der Waals surface area contributed by atoms with Gasteiger partial charge in [0, 0.05) is 25.4 Å². The van der Waals surface area contributed by atoms with E-state index in [9.17, 15) is 9.59 Å². The lowest BCUT2D eigenvalue weighted by molar-refractivity contribution is -0.122. The molecule has 2 aliphatic heterocycles. The molecule has 0 spiro atoms. The average Bonchev–Trinajstić information content (AvgIpc) is 2.91. The molecular formula is C17H23N3O3. The van der Waals surface area contributed by atoms with Crippen LogP contribution < -0.4 is 16.0 Å². The number of nitrogens with zero attached hydrogens (tertiary/aromatic N) is 1. The van der Waals surface area contributed by atoms with Crippen molar-refractivity contribution < 1.29 is 14.3 Å². The van der Waals surface area contributed by atoms with E-state index in [2.05, 4.69) is 18.3 Å². The predicted molar refractivity (Wildman–Crippen MR) is 87.6 cm³/mol. The molecule has 0 bridgehead atoms. The van der Waals surface area contributed by atoms with Crippen LogP contribution in [-0.4, -0.2) is 37.7 Å². The van der Waals surface area contributed by atoms with Crippen LogP contribution in [0, 0.1) is 13.8 Å². The minimum Gasteiger partial charge on any atom is -0.443 e. The van der Waals surface area contributed by atoms with Crippen molar-refractivity contribution in [3.05, 3.63) is 28.8 Å². The molecule has 1 aromatic rings. The summed E-state index contributed by atoms with van der Waals surface area (Å²) in [6.07, 6.45) is 0.865. The van der Waals surface area contributed by atoms with Crippen molar-refractivity contribution in [2.24, 2.45) is 5.73 Å². The van der Waals surface area contributed by atoms with Crippen molar-refractivity contribution in [2.75, 3.05) is 24.5 Å². The van der Waals surface area contributed by atoms with E-state index in [-0.39, 0.29) is 18.1 Å². The number of cyclic esters (lactones) is 1. The van der Waals surface area contributed by atoms with E-state index in [4.69, 9.17) is 10.5 Å². The summed E-state index contributed by atoms with van der Waals surface area (Å²) in [7, 11) is 0. The fourth-order valence-corrected chi connectivity index (χ4v) is 3.39. The average molecular weight is 317 g/mol. The number of rotatable bonds is 3. The molecule has 2 amide bonds. The number of carbonyl (C=O) groups is 2. The third-order valence-electron chi connectivity index (χ3n) is 4.72. The zero-order valence-corrected chi connectivity index (χ0v) is 13.6. The van der Waals surface area contributed by atoms with Gasteiger partial charge in [-0.1, -0.05) is 6.07 Å². The van der Waals surface area contributed by atoms with Crippen molar-refractivity contribution in [2.45, 2.75) is 38.7 Å². The van der Waals surface area contributed by atoms with Gasteiger partial charge >= 0.3 is 6.09 Å². The number of hydrogen-bond acceptors (Lipinski definition) is 4. The van der Waals surface area contributed by atoms with Gasteiger partial charge in [0.15, 0.2) is 0 Å². The molecule has 3 rings (SSSR count). The van der Waals surface area contributed by atoms with E-state index >= 15 is 0 Å². The Hall–Kier alpha value is -2.08. The Labute approximate surface area is 136 Å². The van der Waals surface area contributed by atoms with E-state index < -0.39 is 0 Å². The molecule has 3 N–H and O–H groups in total. The van der Waals surface area contributed by atoms with Crippen LogP contribution in [0.15, 0.2) is 12.1 Å². The summed E-state index contributed by atoms with van der Waals surface area (Å²) in [6.45, 7) is 5.56. The molecule has 0 aromatic heterocycles. The first-order valence-corrected chi connectivity index (χ1v) is 8.05. The van der Waals surface area contributed by atoms with Crippen LogP contribution in [0.4, 0.5) is 10.5 Å². The summed E-state index contributed by atoms with van der Waals surface area (Å²) in [5.74, 6) is 0.461. The fourth-order valence-electron chi connectivity index (χ4n) is 3.39. The maximum Gasteiger partial charge on any atom is 0.414 e. The van der Waals surface area contributed by atoms with Crippen LogP contribution in [0.25, 0.3) is 0 Å². The number of ether oxygens (including phenoxy) is 1. The number of nitrogens with one attached hydrogen (secondary N) is 1. The van der Waals surface area contributed by atoms with Gasteiger partial charge in [0.25, 0.3) is 0 Å². The van der Waals surface area contributed by atoms with Crippen molar-refractivity contribution in [1.29, 1.82) is 0 Å².